The van der Waals surface area contributed by atoms with Gasteiger partial charge in [0, 0.05) is 31.5 Å². The Bertz CT molecular complexity index is 585. The third-order valence-electron chi connectivity index (χ3n) is 2.73. The van der Waals surface area contributed by atoms with Crippen LogP contribution in [-0.4, -0.2) is 25.5 Å². The molecule has 0 fully saturated rings. The van der Waals surface area contributed by atoms with E-state index in [-0.39, 0.29) is 18.1 Å². The molecule has 0 radical (unpaired) electrons. The molecule has 0 atom stereocenters. The van der Waals surface area contributed by atoms with Gasteiger partial charge in [-0.25, -0.2) is 4.79 Å². The summed E-state index contributed by atoms with van der Waals surface area (Å²) >= 11 is 0. The molecule has 0 spiro atoms. The van der Waals surface area contributed by atoms with Gasteiger partial charge in [-0.3, -0.25) is 4.79 Å². The molecule has 0 aliphatic carbocycles. The highest BCUT2D eigenvalue weighted by atomic mass is 16.5. The molecule has 1 amide bonds. The van der Waals surface area contributed by atoms with Gasteiger partial charge < -0.3 is 15.0 Å². The highest BCUT2D eigenvalue weighted by Gasteiger charge is 2.09. The zero-order chi connectivity index (χ0) is 15.8. The van der Waals surface area contributed by atoms with Crippen LogP contribution in [0.25, 0.3) is 0 Å². The maximum Gasteiger partial charge on any atom is 0.350 e. The molecule has 1 N–H and O–H groups in total. The molecule has 1 rings (SSSR count). The zero-order valence-corrected chi connectivity index (χ0v) is 12.2. The van der Waals surface area contributed by atoms with Crippen molar-refractivity contribution in [2.45, 2.75) is 13.8 Å². The average molecular weight is 287 g/mol. The van der Waals surface area contributed by atoms with E-state index in [2.05, 4.69) is 5.32 Å². The number of carbonyl (C=O) groups excluding carboxylic acids is 2. The Labute approximate surface area is 123 Å². The largest absolute Gasteiger partial charge is 0.462 e. The monoisotopic (exact) mass is 287 g/mol. The van der Waals surface area contributed by atoms with Crippen molar-refractivity contribution in [2.24, 2.45) is 0 Å². The Morgan fingerprint density at radius 1 is 1.38 bits per heavy atom. The van der Waals surface area contributed by atoms with Gasteiger partial charge in [0.15, 0.2) is 5.57 Å². The fourth-order valence-electron chi connectivity index (χ4n) is 1.46. The molecular formula is C15H17N3O3. The van der Waals surface area contributed by atoms with E-state index >= 15 is 0 Å². The first-order chi connectivity index (χ1) is 9.99. The van der Waals surface area contributed by atoms with Crippen molar-refractivity contribution in [3.8, 4) is 6.07 Å². The molecule has 6 heteroatoms. The summed E-state index contributed by atoms with van der Waals surface area (Å²) in [4.78, 5) is 24.2. The predicted molar refractivity (Wildman–Crippen MR) is 79.5 cm³/mol. The first-order valence-corrected chi connectivity index (χ1v) is 6.37. The Morgan fingerprint density at radius 2 is 2.00 bits per heavy atom. The van der Waals surface area contributed by atoms with E-state index in [9.17, 15) is 9.59 Å². The third kappa shape index (κ3) is 4.66. The van der Waals surface area contributed by atoms with E-state index < -0.39 is 5.97 Å². The second-order valence-electron chi connectivity index (χ2n) is 4.16. The van der Waals surface area contributed by atoms with Crippen LogP contribution >= 0.6 is 0 Å². The molecule has 0 aliphatic heterocycles. The second-order valence-corrected chi connectivity index (χ2v) is 4.16. The van der Waals surface area contributed by atoms with Crippen molar-refractivity contribution < 1.29 is 14.3 Å². The molecule has 1 aromatic rings. The second kappa shape index (κ2) is 7.70. The molecule has 6 nitrogen and oxygen atoms in total. The van der Waals surface area contributed by atoms with Crippen LogP contribution in [0, 0.1) is 11.3 Å². The topological polar surface area (TPSA) is 82.4 Å². The number of nitriles is 1. The number of anilines is 2. The highest BCUT2D eigenvalue weighted by molar-refractivity contribution is 5.93. The summed E-state index contributed by atoms with van der Waals surface area (Å²) in [6.45, 7) is 3.36. The number of ether oxygens (including phenoxy) is 1. The van der Waals surface area contributed by atoms with E-state index in [4.69, 9.17) is 10.00 Å². The standard InChI is InChI=1S/C15H17N3O3/c1-4-21-15(20)12(9-16)10-17-13-5-7-14(8-6-13)18(3)11(2)19/h5-8,10,17H,4H2,1-3H3/b12-10-. The van der Waals surface area contributed by atoms with Crippen molar-refractivity contribution in [3.63, 3.8) is 0 Å². The van der Waals surface area contributed by atoms with Crippen LogP contribution in [0.3, 0.4) is 0 Å². The Morgan fingerprint density at radius 3 is 2.48 bits per heavy atom. The molecule has 0 heterocycles. The molecule has 21 heavy (non-hydrogen) atoms. The van der Waals surface area contributed by atoms with Gasteiger partial charge in [-0.1, -0.05) is 0 Å². The smallest absolute Gasteiger partial charge is 0.350 e. The number of carbonyl (C=O) groups is 2. The van der Waals surface area contributed by atoms with E-state index in [0.29, 0.717) is 5.69 Å². The van der Waals surface area contributed by atoms with E-state index in [1.807, 2.05) is 0 Å². The summed E-state index contributed by atoms with van der Waals surface area (Å²) in [5.74, 6) is -0.731. The van der Waals surface area contributed by atoms with E-state index in [1.165, 1.54) is 18.0 Å². The Kier molecular flexibility index (Phi) is 5.96. The summed E-state index contributed by atoms with van der Waals surface area (Å²) in [7, 11) is 1.68. The summed E-state index contributed by atoms with van der Waals surface area (Å²) in [5.41, 5.74) is 1.33. The lowest BCUT2D eigenvalue weighted by atomic mass is 10.2. The minimum atomic E-state index is -0.666. The van der Waals surface area contributed by atoms with Gasteiger partial charge in [-0.2, -0.15) is 5.26 Å². The van der Waals surface area contributed by atoms with Crippen molar-refractivity contribution in [3.05, 3.63) is 36.0 Å². The Hall–Kier alpha value is -2.81. The first kappa shape index (κ1) is 16.2. The van der Waals surface area contributed by atoms with E-state index in [1.54, 1.807) is 44.3 Å². The number of hydrogen-bond donors (Lipinski definition) is 1. The average Bonchev–Trinajstić information content (AvgIpc) is 2.48. The number of nitrogens with zero attached hydrogens (tertiary/aromatic N) is 2. The Balaban J connectivity index is 2.78. The van der Waals surface area contributed by atoms with Crippen LogP contribution in [0.15, 0.2) is 36.0 Å². The van der Waals surface area contributed by atoms with Crippen LogP contribution < -0.4 is 10.2 Å². The van der Waals surface area contributed by atoms with Crippen molar-refractivity contribution in [1.29, 1.82) is 5.26 Å². The molecule has 0 unspecified atom stereocenters. The lowest BCUT2D eigenvalue weighted by Crippen LogP contribution is -2.22. The lowest BCUT2D eigenvalue weighted by Gasteiger charge is -2.15. The predicted octanol–water partition coefficient (Wildman–Crippen LogP) is 2.05. The van der Waals surface area contributed by atoms with Crippen molar-refractivity contribution in [2.75, 3.05) is 23.9 Å². The van der Waals surface area contributed by atoms with E-state index in [0.717, 1.165) is 5.69 Å². The van der Waals surface area contributed by atoms with Gasteiger partial charge in [-0.15, -0.1) is 0 Å². The summed E-state index contributed by atoms with van der Waals surface area (Å²) in [6.07, 6.45) is 1.29. The maximum atomic E-state index is 11.4. The van der Waals surface area contributed by atoms with Gasteiger partial charge in [0.2, 0.25) is 5.91 Å². The fraction of sp³-hybridized carbons (Fsp3) is 0.267. The number of benzene rings is 1. The molecule has 0 aliphatic rings. The lowest BCUT2D eigenvalue weighted by molar-refractivity contribution is -0.138. The fourth-order valence-corrected chi connectivity index (χ4v) is 1.46. The van der Waals surface area contributed by atoms with Gasteiger partial charge in [0.1, 0.15) is 6.07 Å². The number of rotatable bonds is 5. The maximum absolute atomic E-state index is 11.4. The van der Waals surface area contributed by atoms with Crippen LogP contribution in [0.1, 0.15) is 13.8 Å². The van der Waals surface area contributed by atoms with Gasteiger partial charge >= 0.3 is 5.97 Å². The van der Waals surface area contributed by atoms with Crippen molar-refractivity contribution in [1.82, 2.24) is 0 Å². The molecular weight excluding hydrogens is 270 g/mol. The molecule has 110 valence electrons. The third-order valence-corrected chi connectivity index (χ3v) is 2.73. The minimum Gasteiger partial charge on any atom is -0.462 e. The molecule has 0 aromatic heterocycles. The van der Waals surface area contributed by atoms with Gasteiger partial charge in [0.05, 0.1) is 6.61 Å². The first-order valence-electron chi connectivity index (χ1n) is 6.37. The zero-order valence-electron chi connectivity index (χ0n) is 12.2. The molecule has 1 aromatic carbocycles. The highest BCUT2D eigenvalue weighted by Crippen LogP contribution is 2.17. The summed E-state index contributed by atoms with van der Waals surface area (Å²) in [5, 5.41) is 11.7. The normalized spacial score (nSPS) is 10.5. The molecule has 0 saturated heterocycles. The number of amides is 1. The van der Waals surface area contributed by atoms with Gasteiger partial charge in [0.25, 0.3) is 0 Å². The SMILES string of the molecule is CCOC(=O)/C(C#N)=C\Nc1ccc(N(C)C(C)=O)cc1. The number of esters is 1. The minimum absolute atomic E-state index is 0.0651. The van der Waals surface area contributed by atoms with Crippen LogP contribution in [-0.2, 0) is 14.3 Å². The molecule has 0 bridgehead atoms. The molecule has 0 saturated carbocycles. The van der Waals surface area contributed by atoms with Gasteiger partial charge in [-0.05, 0) is 31.2 Å². The number of hydrogen-bond acceptors (Lipinski definition) is 5. The van der Waals surface area contributed by atoms with Crippen LogP contribution in [0.2, 0.25) is 0 Å². The van der Waals surface area contributed by atoms with Crippen molar-refractivity contribution >= 4 is 23.3 Å². The van der Waals surface area contributed by atoms with Crippen LogP contribution in [0.4, 0.5) is 11.4 Å². The van der Waals surface area contributed by atoms with Crippen LogP contribution in [0.5, 0.6) is 0 Å². The summed E-state index contributed by atoms with van der Waals surface area (Å²) < 4.78 is 4.75. The quantitative estimate of drug-likeness (QED) is 0.509. The number of nitrogens with one attached hydrogen (secondary N) is 1. The summed E-state index contributed by atoms with van der Waals surface area (Å²) in [6, 6.07) is 8.77.